The van der Waals surface area contributed by atoms with Gasteiger partial charge in [0.25, 0.3) is 0 Å². The molecular formula is C10H11FN2. The van der Waals surface area contributed by atoms with Gasteiger partial charge < -0.3 is 5.32 Å². The zero-order valence-corrected chi connectivity index (χ0v) is 7.47. The topological polar surface area (TPSA) is 24.4 Å². The van der Waals surface area contributed by atoms with Crippen LogP contribution < -0.4 is 5.32 Å². The molecule has 1 aliphatic heterocycles. The van der Waals surface area contributed by atoms with Crippen LogP contribution in [0.25, 0.3) is 0 Å². The standard InChI is InChI=1S/C10H11FN2/c1-7-8(3-2-4-9(7)11)10-12-5-6-13-10/h2-4H,5-6H2,1H3,(H,12,13). The van der Waals surface area contributed by atoms with Gasteiger partial charge >= 0.3 is 0 Å². The van der Waals surface area contributed by atoms with Crippen molar-refractivity contribution >= 4 is 5.84 Å². The van der Waals surface area contributed by atoms with E-state index in [1.165, 1.54) is 6.07 Å². The van der Waals surface area contributed by atoms with Crippen LogP contribution in [0.4, 0.5) is 4.39 Å². The van der Waals surface area contributed by atoms with Gasteiger partial charge in [-0.05, 0) is 18.6 Å². The second kappa shape index (κ2) is 3.17. The van der Waals surface area contributed by atoms with Crippen molar-refractivity contribution in [2.24, 2.45) is 4.99 Å². The number of benzene rings is 1. The number of nitrogens with zero attached hydrogens (tertiary/aromatic N) is 1. The summed E-state index contributed by atoms with van der Waals surface area (Å²) in [5, 5.41) is 3.12. The monoisotopic (exact) mass is 178 g/mol. The van der Waals surface area contributed by atoms with Gasteiger partial charge in [0.1, 0.15) is 11.7 Å². The first-order valence-corrected chi connectivity index (χ1v) is 4.33. The number of hydrogen-bond donors (Lipinski definition) is 1. The summed E-state index contributed by atoms with van der Waals surface area (Å²) in [5.74, 6) is 0.644. The number of aliphatic imine (C=N–C) groups is 1. The molecule has 0 radical (unpaired) electrons. The molecule has 0 saturated heterocycles. The molecule has 0 aromatic heterocycles. The lowest BCUT2D eigenvalue weighted by atomic mass is 10.1. The van der Waals surface area contributed by atoms with Gasteiger partial charge in [-0.3, -0.25) is 4.99 Å². The number of nitrogens with one attached hydrogen (secondary N) is 1. The van der Waals surface area contributed by atoms with Crippen LogP contribution in [0.15, 0.2) is 23.2 Å². The van der Waals surface area contributed by atoms with Crippen molar-refractivity contribution in [2.45, 2.75) is 6.92 Å². The minimum Gasteiger partial charge on any atom is -0.368 e. The summed E-state index contributed by atoms with van der Waals surface area (Å²) in [6.07, 6.45) is 0. The average Bonchev–Trinajstić information content (AvgIpc) is 2.62. The molecule has 0 atom stereocenters. The van der Waals surface area contributed by atoms with E-state index in [-0.39, 0.29) is 5.82 Å². The number of amidine groups is 1. The fourth-order valence-corrected chi connectivity index (χ4v) is 1.44. The second-order valence-corrected chi connectivity index (χ2v) is 3.07. The molecule has 0 amide bonds. The summed E-state index contributed by atoms with van der Waals surface area (Å²) < 4.78 is 13.1. The Kier molecular flexibility index (Phi) is 2.00. The fraction of sp³-hybridized carbons (Fsp3) is 0.300. The van der Waals surface area contributed by atoms with Gasteiger partial charge in [-0.25, -0.2) is 4.39 Å². The molecule has 2 rings (SSSR count). The molecular weight excluding hydrogens is 167 g/mol. The van der Waals surface area contributed by atoms with Gasteiger partial charge in [-0.1, -0.05) is 12.1 Å². The molecule has 2 nitrogen and oxygen atoms in total. The van der Waals surface area contributed by atoms with E-state index in [9.17, 15) is 4.39 Å². The Labute approximate surface area is 76.5 Å². The molecule has 1 N–H and O–H groups in total. The smallest absolute Gasteiger partial charge is 0.128 e. The van der Waals surface area contributed by atoms with E-state index >= 15 is 0 Å². The predicted octanol–water partition coefficient (Wildman–Crippen LogP) is 1.48. The third-order valence-corrected chi connectivity index (χ3v) is 2.20. The van der Waals surface area contributed by atoms with E-state index in [0.717, 1.165) is 24.5 Å². The zero-order valence-electron chi connectivity index (χ0n) is 7.47. The highest BCUT2D eigenvalue weighted by Crippen LogP contribution is 2.13. The Balaban J connectivity index is 2.45. The molecule has 1 heterocycles. The summed E-state index contributed by atoms with van der Waals surface area (Å²) in [6, 6.07) is 5.06. The zero-order chi connectivity index (χ0) is 9.26. The van der Waals surface area contributed by atoms with E-state index in [0.29, 0.717) is 5.56 Å². The minimum atomic E-state index is -0.172. The van der Waals surface area contributed by atoms with Gasteiger partial charge in [0.05, 0.1) is 6.54 Å². The molecule has 1 aromatic rings. The third kappa shape index (κ3) is 1.41. The normalized spacial score (nSPS) is 15.4. The summed E-state index contributed by atoms with van der Waals surface area (Å²) in [7, 11) is 0. The van der Waals surface area contributed by atoms with Crippen molar-refractivity contribution in [1.82, 2.24) is 5.32 Å². The molecule has 0 bridgehead atoms. The maximum Gasteiger partial charge on any atom is 0.128 e. The highest BCUT2D eigenvalue weighted by atomic mass is 19.1. The van der Waals surface area contributed by atoms with Crippen LogP contribution in [-0.4, -0.2) is 18.9 Å². The molecule has 68 valence electrons. The third-order valence-electron chi connectivity index (χ3n) is 2.20. The van der Waals surface area contributed by atoms with Crippen LogP contribution in [0, 0.1) is 12.7 Å². The molecule has 0 fully saturated rings. The van der Waals surface area contributed by atoms with Gasteiger partial charge in [0.2, 0.25) is 0 Å². The van der Waals surface area contributed by atoms with Crippen LogP contribution in [0.3, 0.4) is 0 Å². The summed E-state index contributed by atoms with van der Waals surface area (Å²) in [4.78, 5) is 4.25. The lowest BCUT2D eigenvalue weighted by Gasteiger charge is -2.06. The number of rotatable bonds is 1. The molecule has 1 aromatic carbocycles. The van der Waals surface area contributed by atoms with Gasteiger partial charge in [-0.15, -0.1) is 0 Å². The van der Waals surface area contributed by atoms with Crippen molar-refractivity contribution in [3.8, 4) is 0 Å². The van der Waals surface area contributed by atoms with E-state index in [4.69, 9.17) is 0 Å². The Morgan fingerprint density at radius 3 is 3.00 bits per heavy atom. The van der Waals surface area contributed by atoms with Crippen molar-refractivity contribution in [3.05, 3.63) is 35.1 Å². The lowest BCUT2D eigenvalue weighted by molar-refractivity contribution is 0.618. The van der Waals surface area contributed by atoms with Crippen molar-refractivity contribution < 1.29 is 4.39 Å². The Hall–Kier alpha value is -1.38. The molecule has 0 spiro atoms. The van der Waals surface area contributed by atoms with Gasteiger partial charge in [0.15, 0.2) is 0 Å². The van der Waals surface area contributed by atoms with Gasteiger partial charge in [-0.2, -0.15) is 0 Å². The molecule has 0 unspecified atom stereocenters. The first kappa shape index (κ1) is 8.23. The van der Waals surface area contributed by atoms with Gasteiger partial charge in [0, 0.05) is 12.1 Å². The maximum absolute atomic E-state index is 13.1. The lowest BCUT2D eigenvalue weighted by Crippen LogP contribution is -2.20. The average molecular weight is 178 g/mol. The number of hydrogen-bond acceptors (Lipinski definition) is 2. The quantitative estimate of drug-likeness (QED) is 0.692. The van der Waals surface area contributed by atoms with E-state index in [1.807, 2.05) is 6.07 Å². The summed E-state index contributed by atoms with van der Waals surface area (Å²) >= 11 is 0. The highest BCUT2D eigenvalue weighted by Gasteiger charge is 2.11. The Bertz CT molecular complexity index is 358. The van der Waals surface area contributed by atoms with Crippen molar-refractivity contribution in [1.29, 1.82) is 0 Å². The Morgan fingerprint density at radius 1 is 1.46 bits per heavy atom. The molecule has 0 saturated carbocycles. The largest absolute Gasteiger partial charge is 0.368 e. The molecule has 0 aliphatic carbocycles. The van der Waals surface area contributed by atoms with Crippen LogP contribution in [0.2, 0.25) is 0 Å². The van der Waals surface area contributed by atoms with Crippen LogP contribution in [0.5, 0.6) is 0 Å². The SMILES string of the molecule is Cc1c(F)cccc1C1=NCCN1. The molecule has 1 aliphatic rings. The molecule has 13 heavy (non-hydrogen) atoms. The first-order chi connectivity index (χ1) is 6.29. The highest BCUT2D eigenvalue weighted by molar-refractivity contribution is 6.00. The maximum atomic E-state index is 13.1. The summed E-state index contributed by atoms with van der Waals surface area (Å²) in [6.45, 7) is 3.41. The van der Waals surface area contributed by atoms with E-state index < -0.39 is 0 Å². The van der Waals surface area contributed by atoms with Crippen LogP contribution >= 0.6 is 0 Å². The number of halogens is 1. The van der Waals surface area contributed by atoms with Crippen LogP contribution in [0.1, 0.15) is 11.1 Å². The van der Waals surface area contributed by atoms with E-state index in [1.54, 1.807) is 13.0 Å². The minimum absolute atomic E-state index is 0.172. The predicted molar refractivity (Wildman–Crippen MR) is 50.5 cm³/mol. The second-order valence-electron chi connectivity index (χ2n) is 3.07. The van der Waals surface area contributed by atoms with Crippen molar-refractivity contribution in [3.63, 3.8) is 0 Å². The Morgan fingerprint density at radius 2 is 2.31 bits per heavy atom. The van der Waals surface area contributed by atoms with Crippen LogP contribution in [-0.2, 0) is 0 Å². The van der Waals surface area contributed by atoms with Crippen molar-refractivity contribution in [2.75, 3.05) is 13.1 Å². The first-order valence-electron chi connectivity index (χ1n) is 4.33. The van der Waals surface area contributed by atoms with E-state index in [2.05, 4.69) is 10.3 Å². The fourth-order valence-electron chi connectivity index (χ4n) is 1.44. The molecule has 3 heteroatoms. The summed E-state index contributed by atoms with van der Waals surface area (Å²) in [5.41, 5.74) is 1.54.